The van der Waals surface area contributed by atoms with Crippen molar-refractivity contribution >= 4 is 35.0 Å². The van der Waals surface area contributed by atoms with Crippen molar-refractivity contribution in [2.75, 3.05) is 11.1 Å². The topological polar surface area (TPSA) is 59.8 Å². The van der Waals surface area contributed by atoms with Gasteiger partial charge < -0.3 is 5.32 Å². The molecule has 5 nitrogen and oxygen atoms in total. The van der Waals surface area contributed by atoms with Crippen LogP contribution in [0.4, 0.5) is 5.69 Å². The van der Waals surface area contributed by atoms with E-state index in [1.54, 1.807) is 0 Å². The van der Waals surface area contributed by atoms with Gasteiger partial charge in [0.25, 0.3) is 0 Å². The molecule has 1 aromatic heterocycles. The summed E-state index contributed by atoms with van der Waals surface area (Å²) in [4.78, 5) is 12.8. The molecule has 0 fully saturated rings. The molecule has 1 heterocycles. The lowest BCUT2D eigenvalue weighted by molar-refractivity contribution is -0.113. The third-order valence-electron chi connectivity index (χ3n) is 5.10. The van der Waals surface area contributed by atoms with Gasteiger partial charge >= 0.3 is 0 Å². The van der Waals surface area contributed by atoms with Crippen molar-refractivity contribution in [2.45, 2.75) is 25.4 Å². The van der Waals surface area contributed by atoms with Crippen LogP contribution in [0.5, 0.6) is 0 Å². The monoisotopic (exact) mass is 462 g/mol. The molecule has 4 rings (SSSR count). The largest absolute Gasteiger partial charge is 0.325 e. The Hall–Kier alpha value is -3.09. The molecule has 0 atom stereocenters. The molecule has 0 aliphatic rings. The van der Waals surface area contributed by atoms with Crippen LogP contribution < -0.4 is 5.32 Å². The van der Waals surface area contributed by atoms with E-state index >= 15 is 0 Å². The van der Waals surface area contributed by atoms with Crippen LogP contribution >= 0.6 is 23.4 Å². The van der Waals surface area contributed by atoms with Gasteiger partial charge in [-0.25, -0.2) is 0 Å². The van der Waals surface area contributed by atoms with Gasteiger partial charge in [-0.3, -0.25) is 9.36 Å². The van der Waals surface area contributed by atoms with Crippen molar-refractivity contribution in [3.8, 4) is 17.1 Å². The Morgan fingerprint density at radius 3 is 2.50 bits per heavy atom. The highest BCUT2D eigenvalue weighted by atomic mass is 35.5. The predicted octanol–water partition coefficient (Wildman–Crippen LogP) is 6.19. The number of amides is 1. The molecule has 32 heavy (non-hydrogen) atoms. The molecule has 0 aliphatic carbocycles. The summed E-state index contributed by atoms with van der Waals surface area (Å²) in [6.07, 6.45) is 0.855. The van der Waals surface area contributed by atoms with E-state index in [1.165, 1.54) is 11.8 Å². The van der Waals surface area contributed by atoms with Crippen LogP contribution in [0.1, 0.15) is 18.1 Å². The lowest BCUT2D eigenvalue weighted by Crippen LogP contribution is -2.16. The zero-order chi connectivity index (χ0) is 22.5. The van der Waals surface area contributed by atoms with E-state index in [9.17, 15) is 4.79 Å². The van der Waals surface area contributed by atoms with Crippen LogP contribution in [-0.2, 0) is 11.2 Å². The van der Waals surface area contributed by atoms with E-state index in [0.29, 0.717) is 16.0 Å². The Kier molecular flexibility index (Phi) is 6.93. The second-order valence-corrected chi connectivity index (χ2v) is 8.61. The van der Waals surface area contributed by atoms with E-state index < -0.39 is 0 Å². The standard InChI is InChI=1S/C25H23ClN4OS/c1-3-18-11-9-10-17(2)23(18)27-22(31)16-32-25-29-28-24(20-14-7-8-15-21(20)26)30(25)19-12-5-4-6-13-19/h4-15H,3,16H2,1-2H3,(H,27,31). The van der Waals surface area contributed by atoms with Crippen molar-refractivity contribution in [1.82, 2.24) is 14.8 Å². The number of aromatic nitrogens is 3. The zero-order valence-corrected chi connectivity index (χ0v) is 19.5. The zero-order valence-electron chi connectivity index (χ0n) is 17.9. The summed E-state index contributed by atoms with van der Waals surface area (Å²) in [5.41, 5.74) is 4.76. The number of benzene rings is 3. The second kappa shape index (κ2) is 10.0. The first-order valence-electron chi connectivity index (χ1n) is 10.4. The molecule has 3 aromatic carbocycles. The maximum atomic E-state index is 12.8. The molecule has 0 spiro atoms. The summed E-state index contributed by atoms with van der Waals surface area (Å²) in [6, 6.07) is 23.4. The summed E-state index contributed by atoms with van der Waals surface area (Å²) in [5.74, 6) is 0.767. The average molecular weight is 463 g/mol. The number of carbonyl (C=O) groups excluding carboxylic acids is 1. The van der Waals surface area contributed by atoms with Crippen LogP contribution in [0.15, 0.2) is 78.0 Å². The highest BCUT2D eigenvalue weighted by Crippen LogP contribution is 2.32. The normalized spacial score (nSPS) is 10.8. The first kappa shape index (κ1) is 22.1. The third-order valence-corrected chi connectivity index (χ3v) is 6.36. The molecule has 7 heteroatoms. The molecule has 0 unspecified atom stereocenters. The smallest absolute Gasteiger partial charge is 0.234 e. The van der Waals surface area contributed by atoms with Crippen LogP contribution in [0.2, 0.25) is 5.02 Å². The number of aryl methyl sites for hydroxylation is 2. The summed E-state index contributed by atoms with van der Waals surface area (Å²) in [5, 5.41) is 13.1. The molecule has 0 saturated carbocycles. The lowest BCUT2D eigenvalue weighted by Gasteiger charge is -2.13. The number of rotatable bonds is 7. The van der Waals surface area contributed by atoms with Crippen molar-refractivity contribution in [3.05, 3.63) is 88.9 Å². The SMILES string of the molecule is CCc1cccc(C)c1NC(=O)CSc1nnc(-c2ccccc2Cl)n1-c1ccccc1. The fourth-order valence-corrected chi connectivity index (χ4v) is 4.47. The van der Waals surface area contributed by atoms with Gasteiger partial charge in [-0.05, 0) is 48.7 Å². The van der Waals surface area contributed by atoms with Crippen molar-refractivity contribution in [2.24, 2.45) is 0 Å². The van der Waals surface area contributed by atoms with Gasteiger partial charge in [0, 0.05) is 16.9 Å². The van der Waals surface area contributed by atoms with Gasteiger partial charge in [0.15, 0.2) is 11.0 Å². The van der Waals surface area contributed by atoms with Gasteiger partial charge in [-0.15, -0.1) is 10.2 Å². The number of hydrogen-bond acceptors (Lipinski definition) is 4. The maximum absolute atomic E-state index is 12.8. The first-order chi connectivity index (χ1) is 15.6. The molecular weight excluding hydrogens is 440 g/mol. The van der Waals surface area contributed by atoms with Gasteiger partial charge in [0.2, 0.25) is 5.91 Å². The molecule has 0 bridgehead atoms. The van der Waals surface area contributed by atoms with Gasteiger partial charge in [-0.2, -0.15) is 0 Å². The third kappa shape index (κ3) is 4.71. The Balaban J connectivity index is 1.61. The number of nitrogens with zero attached hydrogens (tertiary/aromatic N) is 3. The minimum atomic E-state index is -0.0825. The maximum Gasteiger partial charge on any atom is 0.234 e. The van der Waals surface area contributed by atoms with Crippen LogP contribution in [0.25, 0.3) is 17.1 Å². The van der Waals surface area contributed by atoms with Crippen molar-refractivity contribution < 1.29 is 4.79 Å². The van der Waals surface area contributed by atoms with Crippen LogP contribution in [-0.4, -0.2) is 26.4 Å². The number of carbonyl (C=O) groups is 1. The highest BCUT2D eigenvalue weighted by Gasteiger charge is 2.19. The second-order valence-electron chi connectivity index (χ2n) is 7.26. The van der Waals surface area contributed by atoms with E-state index in [2.05, 4.69) is 22.4 Å². The minimum Gasteiger partial charge on any atom is -0.325 e. The Morgan fingerprint density at radius 2 is 1.75 bits per heavy atom. The molecule has 162 valence electrons. The van der Waals surface area contributed by atoms with E-state index in [1.807, 2.05) is 84.3 Å². The van der Waals surface area contributed by atoms with Crippen molar-refractivity contribution in [3.63, 3.8) is 0 Å². The molecule has 1 N–H and O–H groups in total. The number of para-hydroxylation sites is 2. The number of thioether (sulfide) groups is 1. The molecule has 0 saturated heterocycles. The quantitative estimate of drug-likeness (QED) is 0.333. The van der Waals surface area contributed by atoms with E-state index in [-0.39, 0.29) is 11.7 Å². The predicted molar refractivity (Wildman–Crippen MR) is 132 cm³/mol. The number of hydrogen-bond donors (Lipinski definition) is 1. The summed E-state index contributed by atoms with van der Waals surface area (Å²) in [6.45, 7) is 4.08. The molecule has 4 aromatic rings. The summed E-state index contributed by atoms with van der Waals surface area (Å²) < 4.78 is 1.93. The highest BCUT2D eigenvalue weighted by molar-refractivity contribution is 7.99. The fourth-order valence-electron chi connectivity index (χ4n) is 3.50. The molecule has 0 aliphatic heterocycles. The first-order valence-corrected chi connectivity index (χ1v) is 11.7. The van der Waals surface area contributed by atoms with Gasteiger partial charge in [0.1, 0.15) is 0 Å². The summed E-state index contributed by atoms with van der Waals surface area (Å²) in [7, 11) is 0. The summed E-state index contributed by atoms with van der Waals surface area (Å²) >= 11 is 7.78. The van der Waals surface area contributed by atoms with E-state index in [0.717, 1.165) is 34.5 Å². The molecule has 0 radical (unpaired) electrons. The lowest BCUT2D eigenvalue weighted by atomic mass is 10.1. The van der Waals surface area contributed by atoms with Crippen LogP contribution in [0.3, 0.4) is 0 Å². The molecular formula is C25H23ClN4OS. The fraction of sp³-hybridized carbons (Fsp3) is 0.160. The molecule has 1 amide bonds. The number of halogens is 1. The van der Waals surface area contributed by atoms with Gasteiger partial charge in [-0.1, -0.05) is 78.8 Å². The number of nitrogens with one attached hydrogen (secondary N) is 1. The van der Waals surface area contributed by atoms with Gasteiger partial charge in [0.05, 0.1) is 10.8 Å². The van der Waals surface area contributed by atoms with Crippen molar-refractivity contribution in [1.29, 1.82) is 0 Å². The number of anilines is 1. The Bertz CT molecular complexity index is 1240. The van der Waals surface area contributed by atoms with E-state index in [4.69, 9.17) is 11.6 Å². The Labute approximate surface area is 196 Å². The van der Waals surface area contributed by atoms with Crippen LogP contribution in [0, 0.1) is 6.92 Å². The Morgan fingerprint density at radius 1 is 1.00 bits per heavy atom. The average Bonchev–Trinajstić information content (AvgIpc) is 3.23. The minimum absolute atomic E-state index is 0.0825.